The first-order valence-electron chi connectivity index (χ1n) is 7.36. The van der Waals surface area contributed by atoms with Crippen molar-refractivity contribution in [2.24, 2.45) is 5.73 Å². The van der Waals surface area contributed by atoms with Crippen molar-refractivity contribution in [2.45, 2.75) is 44.6 Å². The second-order valence-electron chi connectivity index (χ2n) is 5.20. The van der Waals surface area contributed by atoms with Gasteiger partial charge in [-0.05, 0) is 18.9 Å². The van der Waals surface area contributed by atoms with E-state index < -0.39 is 5.91 Å². The molecule has 1 aliphatic rings. The summed E-state index contributed by atoms with van der Waals surface area (Å²) in [5.74, 6) is -0.467. The van der Waals surface area contributed by atoms with E-state index in [2.05, 4.69) is 10.3 Å². The van der Waals surface area contributed by atoms with E-state index in [1.54, 1.807) is 12.3 Å². The normalized spacial score (nSPS) is 16.6. The summed E-state index contributed by atoms with van der Waals surface area (Å²) in [5, 5.41) is 3.18. The van der Waals surface area contributed by atoms with Gasteiger partial charge in [0.15, 0.2) is 0 Å². The Morgan fingerprint density at radius 1 is 1.35 bits per heavy atom. The summed E-state index contributed by atoms with van der Waals surface area (Å²) in [4.78, 5) is 15.2. The highest BCUT2D eigenvalue weighted by molar-refractivity contribution is 5.98. The molecule has 0 spiro atoms. The van der Waals surface area contributed by atoms with E-state index in [0.717, 1.165) is 5.69 Å². The van der Waals surface area contributed by atoms with Crippen LogP contribution in [0.4, 0.5) is 5.69 Å². The van der Waals surface area contributed by atoms with E-state index in [9.17, 15) is 4.79 Å². The predicted octanol–water partition coefficient (Wildman–Crippen LogP) is 2.33. The monoisotopic (exact) mass is 277 g/mol. The summed E-state index contributed by atoms with van der Waals surface area (Å²) in [7, 11) is 0. The Hall–Kier alpha value is -1.62. The first-order chi connectivity index (χ1) is 9.77. The molecule has 1 amide bonds. The molecule has 1 aromatic heterocycles. The van der Waals surface area contributed by atoms with Crippen LogP contribution < -0.4 is 11.1 Å². The van der Waals surface area contributed by atoms with Gasteiger partial charge in [-0.2, -0.15) is 0 Å². The number of rotatable bonds is 6. The summed E-state index contributed by atoms with van der Waals surface area (Å²) < 4.78 is 5.89. The highest BCUT2D eigenvalue weighted by atomic mass is 16.5. The van der Waals surface area contributed by atoms with Gasteiger partial charge in [-0.25, -0.2) is 0 Å². The number of hydrogen-bond donors (Lipinski definition) is 2. The van der Waals surface area contributed by atoms with Crippen LogP contribution in [0, 0.1) is 0 Å². The molecule has 0 aromatic carbocycles. The number of ether oxygens (including phenoxy) is 1. The van der Waals surface area contributed by atoms with Crippen LogP contribution in [0.2, 0.25) is 0 Å². The van der Waals surface area contributed by atoms with Crippen LogP contribution in [0.15, 0.2) is 18.5 Å². The molecule has 0 saturated heterocycles. The van der Waals surface area contributed by atoms with Crippen molar-refractivity contribution in [3.05, 3.63) is 24.0 Å². The van der Waals surface area contributed by atoms with Gasteiger partial charge in [0, 0.05) is 18.9 Å². The molecule has 1 aliphatic carbocycles. The quantitative estimate of drug-likeness (QED) is 0.618. The van der Waals surface area contributed by atoms with Gasteiger partial charge in [0.1, 0.15) is 0 Å². The van der Waals surface area contributed by atoms with Crippen molar-refractivity contribution in [1.82, 2.24) is 4.98 Å². The Kier molecular flexibility index (Phi) is 5.80. The third-order valence-corrected chi connectivity index (χ3v) is 3.66. The first kappa shape index (κ1) is 14.8. The number of carbonyl (C=O) groups excluding carboxylic acids is 1. The van der Waals surface area contributed by atoms with Gasteiger partial charge < -0.3 is 15.8 Å². The zero-order valence-electron chi connectivity index (χ0n) is 11.8. The Labute approximate surface area is 119 Å². The number of pyridine rings is 1. The van der Waals surface area contributed by atoms with E-state index in [-0.39, 0.29) is 0 Å². The molecule has 1 fully saturated rings. The number of nitrogens with zero attached hydrogens (tertiary/aromatic N) is 1. The summed E-state index contributed by atoms with van der Waals surface area (Å²) in [6, 6.07) is 1.76. The number of amides is 1. The molecule has 1 saturated carbocycles. The summed E-state index contributed by atoms with van der Waals surface area (Å²) in [6.45, 7) is 1.31. The minimum absolute atomic E-state index is 0.396. The van der Waals surface area contributed by atoms with Crippen LogP contribution >= 0.6 is 0 Å². The molecule has 0 bridgehead atoms. The molecule has 1 heterocycles. The van der Waals surface area contributed by atoms with Crippen LogP contribution in [-0.4, -0.2) is 30.1 Å². The van der Waals surface area contributed by atoms with Gasteiger partial charge in [-0.15, -0.1) is 0 Å². The minimum atomic E-state index is -0.467. The zero-order chi connectivity index (χ0) is 14.2. The summed E-state index contributed by atoms with van der Waals surface area (Å²) in [6.07, 6.45) is 11.1. The average molecular weight is 277 g/mol. The second-order valence-corrected chi connectivity index (χ2v) is 5.20. The van der Waals surface area contributed by atoms with E-state index in [1.165, 1.54) is 44.7 Å². The predicted molar refractivity (Wildman–Crippen MR) is 78.7 cm³/mol. The molecule has 2 rings (SSSR count). The Bertz CT molecular complexity index is 429. The first-order valence-corrected chi connectivity index (χ1v) is 7.36. The maximum atomic E-state index is 11.3. The van der Waals surface area contributed by atoms with Crippen LogP contribution in [-0.2, 0) is 4.74 Å². The third-order valence-electron chi connectivity index (χ3n) is 3.66. The van der Waals surface area contributed by atoms with Crippen LogP contribution in [0.25, 0.3) is 0 Å². The van der Waals surface area contributed by atoms with Crippen molar-refractivity contribution in [3.63, 3.8) is 0 Å². The Morgan fingerprint density at radius 2 is 2.10 bits per heavy atom. The number of hydrogen-bond acceptors (Lipinski definition) is 4. The smallest absolute Gasteiger partial charge is 0.252 e. The van der Waals surface area contributed by atoms with E-state index in [1.807, 2.05) is 0 Å². The molecule has 0 unspecified atom stereocenters. The zero-order valence-corrected chi connectivity index (χ0v) is 11.8. The summed E-state index contributed by atoms with van der Waals surface area (Å²) >= 11 is 0. The van der Waals surface area contributed by atoms with Crippen molar-refractivity contribution in [1.29, 1.82) is 0 Å². The van der Waals surface area contributed by atoms with E-state index >= 15 is 0 Å². The lowest BCUT2D eigenvalue weighted by Crippen LogP contribution is -2.19. The maximum Gasteiger partial charge on any atom is 0.252 e. The fourth-order valence-electron chi connectivity index (χ4n) is 2.56. The molecule has 0 atom stereocenters. The molecule has 5 heteroatoms. The molecule has 3 N–H and O–H groups in total. The standard InChI is InChI=1S/C15H23N3O2/c16-15(19)13-11-17-8-7-14(13)18-9-10-20-12-5-3-1-2-4-6-12/h7-8,11-12H,1-6,9-10H2,(H2,16,19)(H,17,18). The number of aromatic nitrogens is 1. The number of carbonyl (C=O) groups is 1. The molecule has 20 heavy (non-hydrogen) atoms. The van der Waals surface area contributed by atoms with Gasteiger partial charge >= 0.3 is 0 Å². The number of nitrogens with one attached hydrogen (secondary N) is 1. The molecule has 0 aliphatic heterocycles. The molecule has 5 nitrogen and oxygen atoms in total. The van der Waals surface area contributed by atoms with Crippen LogP contribution in [0.1, 0.15) is 48.9 Å². The van der Waals surface area contributed by atoms with Gasteiger partial charge in [0.2, 0.25) is 0 Å². The van der Waals surface area contributed by atoms with Crippen LogP contribution in [0.5, 0.6) is 0 Å². The fraction of sp³-hybridized carbons (Fsp3) is 0.600. The lowest BCUT2D eigenvalue weighted by molar-refractivity contribution is 0.0501. The number of primary amides is 1. The minimum Gasteiger partial charge on any atom is -0.382 e. The topological polar surface area (TPSA) is 77.2 Å². The van der Waals surface area contributed by atoms with Gasteiger partial charge in [-0.1, -0.05) is 25.7 Å². The summed E-state index contributed by atoms with van der Waals surface area (Å²) in [5.41, 5.74) is 6.44. The van der Waals surface area contributed by atoms with Gasteiger partial charge in [0.25, 0.3) is 5.91 Å². The molecule has 110 valence electrons. The largest absolute Gasteiger partial charge is 0.382 e. The molecule has 1 aromatic rings. The highest BCUT2D eigenvalue weighted by Crippen LogP contribution is 2.19. The van der Waals surface area contributed by atoms with Gasteiger partial charge in [-0.3, -0.25) is 9.78 Å². The Balaban J connectivity index is 1.74. The van der Waals surface area contributed by atoms with E-state index in [0.29, 0.717) is 24.8 Å². The Morgan fingerprint density at radius 3 is 2.80 bits per heavy atom. The second kappa shape index (κ2) is 7.85. The lowest BCUT2D eigenvalue weighted by Gasteiger charge is -2.16. The lowest BCUT2D eigenvalue weighted by atomic mass is 10.1. The van der Waals surface area contributed by atoms with Crippen molar-refractivity contribution in [2.75, 3.05) is 18.5 Å². The highest BCUT2D eigenvalue weighted by Gasteiger charge is 2.12. The average Bonchev–Trinajstić information content (AvgIpc) is 2.72. The fourth-order valence-corrected chi connectivity index (χ4v) is 2.56. The van der Waals surface area contributed by atoms with Gasteiger partial charge in [0.05, 0.1) is 24.0 Å². The van der Waals surface area contributed by atoms with Crippen molar-refractivity contribution in [3.8, 4) is 0 Å². The molecule has 0 radical (unpaired) electrons. The van der Waals surface area contributed by atoms with Crippen LogP contribution in [0.3, 0.4) is 0 Å². The third kappa shape index (κ3) is 4.49. The van der Waals surface area contributed by atoms with Crippen molar-refractivity contribution >= 4 is 11.6 Å². The number of nitrogens with two attached hydrogens (primary N) is 1. The SMILES string of the molecule is NC(=O)c1cnccc1NCCOC1CCCCCC1. The van der Waals surface area contributed by atoms with Crippen molar-refractivity contribution < 1.29 is 9.53 Å². The molecular weight excluding hydrogens is 254 g/mol. The molecular formula is C15H23N3O2. The maximum absolute atomic E-state index is 11.3. The number of anilines is 1. The van der Waals surface area contributed by atoms with E-state index in [4.69, 9.17) is 10.5 Å².